The Morgan fingerprint density at radius 3 is 2.61 bits per heavy atom. The minimum atomic E-state index is 0. The summed E-state index contributed by atoms with van der Waals surface area (Å²) in [6, 6.07) is 8.12. The molecule has 1 heterocycles. The molecule has 1 aliphatic heterocycles. The standard InChI is InChI=1S/C16H26ClN5.HI/c1-18-16(19-2)20-7-4-8-21-9-11-22(12-10-21)15-6-3-5-14(17)13-15;/h3,5-6,13H,4,7-12H2,1-2H3,(H2,18,19,20);1H. The number of nitrogens with zero attached hydrogens (tertiary/aromatic N) is 3. The fraction of sp³-hybridized carbons (Fsp3) is 0.562. The van der Waals surface area contributed by atoms with Crippen molar-refractivity contribution < 1.29 is 0 Å². The van der Waals surface area contributed by atoms with Crippen LogP contribution in [0.25, 0.3) is 0 Å². The summed E-state index contributed by atoms with van der Waals surface area (Å²) in [7, 11) is 3.66. The molecule has 1 aliphatic rings. The summed E-state index contributed by atoms with van der Waals surface area (Å²) in [6.45, 7) is 6.40. The molecule has 1 saturated heterocycles. The van der Waals surface area contributed by atoms with Crippen molar-refractivity contribution >= 4 is 47.2 Å². The molecule has 1 fully saturated rings. The third-order valence-electron chi connectivity index (χ3n) is 3.95. The molecule has 0 aromatic heterocycles. The molecular formula is C16H27ClIN5. The lowest BCUT2D eigenvalue weighted by molar-refractivity contribution is 0.255. The quantitative estimate of drug-likeness (QED) is 0.312. The fourth-order valence-electron chi connectivity index (χ4n) is 2.69. The Hall–Kier alpha value is -0.730. The van der Waals surface area contributed by atoms with Crippen molar-refractivity contribution in [3.8, 4) is 0 Å². The summed E-state index contributed by atoms with van der Waals surface area (Å²) in [5.41, 5.74) is 1.23. The molecule has 7 heteroatoms. The van der Waals surface area contributed by atoms with E-state index in [4.69, 9.17) is 11.6 Å². The molecule has 0 spiro atoms. The first-order valence-electron chi connectivity index (χ1n) is 7.84. The van der Waals surface area contributed by atoms with Crippen LogP contribution < -0.4 is 15.5 Å². The molecule has 0 amide bonds. The van der Waals surface area contributed by atoms with Crippen LogP contribution in [-0.2, 0) is 0 Å². The van der Waals surface area contributed by atoms with Crippen LogP contribution in [0.2, 0.25) is 5.02 Å². The van der Waals surface area contributed by atoms with E-state index in [-0.39, 0.29) is 24.0 Å². The number of aliphatic imine (C=N–C) groups is 1. The maximum atomic E-state index is 6.07. The smallest absolute Gasteiger partial charge is 0.190 e. The summed E-state index contributed by atoms with van der Waals surface area (Å²) >= 11 is 6.07. The van der Waals surface area contributed by atoms with Gasteiger partial charge >= 0.3 is 0 Å². The van der Waals surface area contributed by atoms with Gasteiger partial charge in [-0.25, -0.2) is 0 Å². The van der Waals surface area contributed by atoms with Crippen LogP contribution in [0.4, 0.5) is 5.69 Å². The predicted octanol–water partition coefficient (Wildman–Crippen LogP) is 2.26. The maximum Gasteiger partial charge on any atom is 0.190 e. The average molecular weight is 452 g/mol. The zero-order valence-corrected chi connectivity index (χ0v) is 17.0. The first-order valence-corrected chi connectivity index (χ1v) is 8.22. The Kier molecular flexibility index (Phi) is 9.66. The molecule has 2 N–H and O–H groups in total. The van der Waals surface area contributed by atoms with Gasteiger partial charge in [0.25, 0.3) is 0 Å². The van der Waals surface area contributed by atoms with E-state index < -0.39 is 0 Å². The molecule has 0 saturated carbocycles. The van der Waals surface area contributed by atoms with Crippen molar-refractivity contribution in [3.05, 3.63) is 29.3 Å². The Labute approximate surface area is 161 Å². The minimum Gasteiger partial charge on any atom is -0.369 e. The van der Waals surface area contributed by atoms with E-state index in [0.29, 0.717) is 0 Å². The average Bonchev–Trinajstić information content (AvgIpc) is 2.55. The van der Waals surface area contributed by atoms with Gasteiger partial charge in [-0.1, -0.05) is 17.7 Å². The largest absolute Gasteiger partial charge is 0.369 e. The Morgan fingerprint density at radius 1 is 1.26 bits per heavy atom. The molecule has 5 nitrogen and oxygen atoms in total. The third-order valence-corrected chi connectivity index (χ3v) is 4.18. The number of nitrogens with one attached hydrogen (secondary N) is 2. The number of hydrogen-bond acceptors (Lipinski definition) is 3. The summed E-state index contributed by atoms with van der Waals surface area (Å²) in [6.07, 6.45) is 1.12. The normalized spacial score (nSPS) is 16.0. The Morgan fingerprint density at radius 2 is 2.00 bits per heavy atom. The van der Waals surface area contributed by atoms with Crippen molar-refractivity contribution in [2.24, 2.45) is 4.99 Å². The Balaban J connectivity index is 0.00000264. The van der Waals surface area contributed by atoms with Crippen molar-refractivity contribution in [2.75, 3.05) is 58.3 Å². The first kappa shape index (κ1) is 20.3. The van der Waals surface area contributed by atoms with E-state index in [0.717, 1.165) is 56.7 Å². The van der Waals surface area contributed by atoms with Gasteiger partial charge in [-0.2, -0.15) is 0 Å². The van der Waals surface area contributed by atoms with E-state index in [1.165, 1.54) is 5.69 Å². The molecule has 130 valence electrons. The predicted molar refractivity (Wildman–Crippen MR) is 111 cm³/mol. The monoisotopic (exact) mass is 451 g/mol. The van der Waals surface area contributed by atoms with Gasteiger partial charge in [0.05, 0.1) is 0 Å². The van der Waals surface area contributed by atoms with Crippen LogP contribution in [-0.4, -0.2) is 64.2 Å². The highest BCUT2D eigenvalue weighted by atomic mass is 127. The number of halogens is 2. The van der Waals surface area contributed by atoms with Crippen molar-refractivity contribution in [3.63, 3.8) is 0 Å². The second kappa shape index (κ2) is 10.9. The second-order valence-corrected chi connectivity index (χ2v) is 5.85. The molecule has 0 atom stereocenters. The minimum absolute atomic E-state index is 0. The number of guanidine groups is 1. The fourth-order valence-corrected chi connectivity index (χ4v) is 2.88. The van der Waals surface area contributed by atoms with Gasteiger partial charge in [0, 0.05) is 57.5 Å². The van der Waals surface area contributed by atoms with E-state index in [9.17, 15) is 0 Å². The lowest BCUT2D eigenvalue weighted by atomic mass is 10.2. The van der Waals surface area contributed by atoms with Crippen LogP contribution in [0.3, 0.4) is 0 Å². The van der Waals surface area contributed by atoms with Gasteiger partial charge in [0.15, 0.2) is 5.96 Å². The molecule has 0 unspecified atom stereocenters. The molecule has 0 bridgehead atoms. The van der Waals surface area contributed by atoms with Gasteiger partial charge < -0.3 is 15.5 Å². The highest BCUT2D eigenvalue weighted by Crippen LogP contribution is 2.20. The molecule has 1 aromatic carbocycles. The number of benzene rings is 1. The number of hydrogen-bond donors (Lipinski definition) is 2. The summed E-state index contributed by atoms with van der Waals surface area (Å²) in [4.78, 5) is 9.03. The third kappa shape index (κ3) is 6.73. The van der Waals surface area contributed by atoms with Crippen LogP contribution >= 0.6 is 35.6 Å². The molecule has 23 heavy (non-hydrogen) atoms. The lowest BCUT2D eigenvalue weighted by Crippen LogP contribution is -2.47. The van der Waals surface area contributed by atoms with E-state index in [1.807, 2.05) is 25.2 Å². The molecular weight excluding hydrogens is 425 g/mol. The number of piperazine rings is 1. The lowest BCUT2D eigenvalue weighted by Gasteiger charge is -2.36. The van der Waals surface area contributed by atoms with Gasteiger partial charge in [0.1, 0.15) is 0 Å². The molecule has 0 aliphatic carbocycles. The molecule has 1 aromatic rings. The van der Waals surface area contributed by atoms with E-state index in [2.05, 4.69) is 31.5 Å². The van der Waals surface area contributed by atoms with Crippen molar-refractivity contribution in [1.29, 1.82) is 0 Å². The van der Waals surface area contributed by atoms with Gasteiger partial charge in [-0.15, -0.1) is 24.0 Å². The Bertz CT molecular complexity index is 489. The summed E-state index contributed by atoms with van der Waals surface area (Å²) in [5.74, 6) is 0.853. The maximum absolute atomic E-state index is 6.07. The second-order valence-electron chi connectivity index (χ2n) is 5.41. The molecule has 2 rings (SSSR count). The van der Waals surface area contributed by atoms with E-state index >= 15 is 0 Å². The topological polar surface area (TPSA) is 42.9 Å². The summed E-state index contributed by atoms with van der Waals surface area (Å²) in [5, 5.41) is 7.12. The number of rotatable bonds is 5. The zero-order valence-electron chi connectivity index (χ0n) is 13.9. The van der Waals surface area contributed by atoms with Gasteiger partial charge in [0.2, 0.25) is 0 Å². The summed E-state index contributed by atoms with van der Waals surface area (Å²) < 4.78 is 0. The van der Waals surface area contributed by atoms with Crippen LogP contribution in [0.5, 0.6) is 0 Å². The van der Waals surface area contributed by atoms with Crippen LogP contribution in [0.15, 0.2) is 29.3 Å². The SMILES string of the molecule is CN=C(NC)NCCCN1CCN(c2cccc(Cl)c2)CC1.I. The van der Waals surface area contributed by atoms with Crippen molar-refractivity contribution in [2.45, 2.75) is 6.42 Å². The molecule has 0 radical (unpaired) electrons. The van der Waals surface area contributed by atoms with Gasteiger partial charge in [-0.3, -0.25) is 9.89 Å². The van der Waals surface area contributed by atoms with Crippen LogP contribution in [0, 0.1) is 0 Å². The van der Waals surface area contributed by atoms with Gasteiger partial charge in [-0.05, 0) is 31.2 Å². The van der Waals surface area contributed by atoms with E-state index in [1.54, 1.807) is 7.05 Å². The van der Waals surface area contributed by atoms with Crippen molar-refractivity contribution in [1.82, 2.24) is 15.5 Å². The highest BCUT2D eigenvalue weighted by molar-refractivity contribution is 14.0. The number of anilines is 1. The highest BCUT2D eigenvalue weighted by Gasteiger charge is 2.16. The van der Waals surface area contributed by atoms with Crippen LogP contribution in [0.1, 0.15) is 6.42 Å². The zero-order chi connectivity index (χ0) is 15.8. The first-order chi connectivity index (χ1) is 10.7.